The van der Waals surface area contributed by atoms with Gasteiger partial charge < -0.3 is 5.73 Å². The maximum absolute atomic E-state index is 13.8. The summed E-state index contributed by atoms with van der Waals surface area (Å²) < 4.78 is 0. The van der Waals surface area contributed by atoms with E-state index in [1.54, 1.807) is 0 Å². The number of rotatable bonds is 2. The summed E-state index contributed by atoms with van der Waals surface area (Å²) >= 11 is 0. The summed E-state index contributed by atoms with van der Waals surface area (Å²) in [5.41, 5.74) is 8.25. The van der Waals surface area contributed by atoms with E-state index in [0.717, 1.165) is 35.7 Å². The summed E-state index contributed by atoms with van der Waals surface area (Å²) in [5, 5.41) is 2.40. The molecule has 32 heavy (non-hydrogen) atoms. The minimum absolute atomic E-state index is 0.0888. The Bertz CT molecular complexity index is 1040. The second kappa shape index (κ2) is 7.42. The molecule has 2 aromatic rings. The van der Waals surface area contributed by atoms with Gasteiger partial charge in [0.05, 0.1) is 0 Å². The number of Topliss-reactive ketones (excluding diaryl/α,β-unsaturated/α-hetero) is 1. The van der Waals surface area contributed by atoms with Crippen molar-refractivity contribution in [2.24, 2.45) is 46.7 Å². The number of hydrogen-bond acceptors (Lipinski definition) is 2. The molecule has 8 atom stereocenters. The number of ketones is 1. The molecule has 170 valence electrons. The van der Waals surface area contributed by atoms with Gasteiger partial charge in [-0.15, -0.1) is 0 Å². The molecular formula is C30H39NO. The van der Waals surface area contributed by atoms with Gasteiger partial charge >= 0.3 is 0 Å². The lowest BCUT2D eigenvalue weighted by Gasteiger charge is -2.59. The zero-order chi connectivity index (χ0) is 22.1. The summed E-state index contributed by atoms with van der Waals surface area (Å²) in [6.45, 7) is 4.87. The maximum atomic E-state index is 13.8. The zero-order valence-electron chi connectivity index (χ0n) is 19.9. The topological polar surface area (TPSA) is 43.1 Å². The minimum Gasteiger partial charge on any atom is -0.325 e. The van der Waals surface area contributed by atoms with Crippen LogP contribution in [0.5, 0.6) is 0 Å². The first-order valence-corrected chi connectivity index (χ1v) is 13.2. The minimum atomic E-state index is 0.0888. The van der Waals surface area contributed by atoms with Crippen molar-refractivity contribution >= 4 is 16.6 Å². The van der Waals surface area contributed by atoms with Crippen LogP contribution in [0.2, 0.25) is 0 Å². The summed E-state index contributed by atoms with van der Waals surface area (Å²) in [4.78, 5) is 13.8. The van der Waals surface area contributed by atoms with Gasteiger partial charge in [0.2, 0.25) is 0 Å². The molecule has 2 unspecified atom stereocenters. The highest BCUT2D eigenvalue weighted by atomic mass is 16.1. The third kappa shape index (κ3) is 3.05. The molecule has 0 spiro atoms. The van der Waals surface area contributed by atoms with Crippen molar-refractivity contribution in [3.63, 3.8) is 0 Å². The number of fused-ring (bicyclic) bond motifs is 6. The second-order valence-corrected chi connectivity index (χ2v) is 12.3. The van der Waals surface area contributed by atoms with E-state index in [-0.39, 0.29) is 16.9 Å². The van der Waals surface area contributed by atoms with Gasteiger partial charge in [-0.05, 0) is 103 Å². The lowest BCUT2D eigenvalue weighted by molar-refractivity contribution is -0.0733. The Morgan fingerprint density at radius 1 is 0.875 bits per heavy atom. The molecule has 0 aromatic heterocycles. The molecule has 2 aromatic carbocycles. The first-order chi connectivity index (χ1) is 15.4. The molecule has 0 amide bonds. The molecular weight excluding hydrogens is 390 g/mol. The fourth-order valence-electron chi connectivity index (χ4n) is 9.22. The molecule has 4 fully saturated rings. The molecule has 0 saturated heterocycles. The van der Waals surface area contributed by atoms with E-state index >= 15 is 0 Å². The number of carbonyl (C=O) groups excluding carboxylic acids is 1. The van der Waals surface area contributed by atoms with Gasteiger partial charge in [-0.3, -0.25) is 4.79 Å². The van der Waals surface area contributed by atoms with Crippen molar-refractivity contribution in [1.29, 1.82) is 0 Å². The van der Waals surface area contributed by atoms with Crippen LogP contribution in [0.15, 0.2) is 42.5 Å². The van der Waals surface area contributed by atoms with Crippen LogP contribution in [0, 0.1) is 40.9 Å². The van der Waals surface area contributed by atoms with Crippen LogP contribution >= 0.6 is 0 Å². The van der Waals surface area contributed by atoms with E-state index in [9.17, 15) is 4.79 Å². The number of hydrogen-bond donors (Lipinski definition) is 1. The molecule has 6 rings (SSSR count). The van der Waals surface area contributed by atoms with Gasteiger partial charge in [-0.2, -0.15) is 0 Å². The van der Waals surface area contributed by atoms with Crippen molar-refractivity contribution < 1.29 is 4.79 Å². The van der Waals surface area contributed by atoms with Crippen LogP contribution in [0.1, 0.15) is 82.0 Å². The van der Waals surface area contributed by atoms with Gasteiger partial charge in [0, 0.05) is 17.0 Å². The van der Waals surface area contributed by atoms with Crippen molar-refractivity contribution in [2.75, 3.05) is 0 Å². The lowest BCUT2D eigenvalue weighted by Crippen LogP contribution is -2.60. The Balaban J connectivity index is 1.26. The Morgan fingerprint density at radius 3 is 2.44 bits per heavy atom. The summed E-state index contributed by atoms with van der Waals surface area (Å²) in [7, 11) is 0. The van der Waals surface area contributed by atoms with Crippen LogP contribution in [0.3, 0.4) is 0 Å². The Labute approximate surface area is 193 Å². The van der Waals surface area contributed by atoms with Gasteiger partial charge in [0.15, 0.2) is 5.78 Å². The Kier molecular flexibility index (Phi) is 4.85. The number of benzene rings is 2. The van der Waals surface area contributed by atoms with Crippen LogP contribution in [0.4, 0.5) is 0 Å². The normalized spacial score (nSPS) is 43.3. The highest BCUT2D eigenvalue weighted by molar-refractivity contribution is 6.01. The fraction of sp³-hybridized carbons (Fsp3) is 0.633. The van der Waals surface area contributed by atoms with Crippen LogP contribution in [-0.2, 0) is 0 Å². The number of carbonyl (C=O) groups is 1. The van der Waals surface area contributed by atoms with E-state index < -0.39 is 0 Å². The standard InChI is InChI=1S/C30H39NO/c1-19-7-10-26-24-13-15-29(2)25(23(24)14-16-30(26,31)18-19)11-12-27(29)28(32)22-9-8-20-5-3-4-6-21(20)17-22/h3-6,8-9,17,19,23-27H,7,10-16,18,31H2,1-2H3/t19-,23+,24?,25?,26+,27+,29-,30-/m0/s1. The molecule has 0 radical (unpaired) electrons. The van der Waals surface area contributed by atoms with Gasteiger partial charge in [0.25, 0.3) is 0 Å². The van der Waals surface area contributed by atoms with E-state index in [4.69, 9.17) is 5.73 Å². The number of nitrogens with two attached hydrogens (primary N) is 1. The predicted molar refractivity (Wildman–Crippen MR) is 131 cm³/mol. The first kappa shape index (κ1) is 20.9. The Morgan fingerprint density at radius 2 is 1.59 bits per heavy atom. The average molecular weight is 430 g/mol. The van der Waals surface area contributed by atoms with Crippen molar-refractivity contribution in [2.45, 2.75) is 77.2 Å². The maximum Gasteiger partial charge on any atom is 0.166 e. The van der Waals surface area contributed by atoms with Crippen molar-refractivity contribution in [3.8, 4) is 0 Å². The van der Waals surface area contributed by atoms with Crippen molar-refractivity contribution in [1.82, 2.24) is 0 Å². The quantitative estimate of drug-likeness (QED) is 0.522. The van der Waals surface area contributed by atoms with Crippen LogP contribution in [-0.4, -0.2) is 11.3 Å². The fourth-order valence-corrected chi connectivity index (χ4v) is 9.22. The molecule has 4 saturated carbocycles. The molecule has 0 aliphatic heterocycles. The lowest BCUT2D eigenvalue weighted by atomic mass is 9.47. The summed E-state index contributed by atoms with van der Waals surface area (Å²) in [5.74, 6) is 4.39. The first-order valence-electron chi connectivity index (χ1n) is 13.2. The highest BCUT2D eigenvalue weighted by Crippen LogP contribution is 2.65. The third-order valence-corrected chi connectivity index (χ3v) is 10.7. The largest absolute Gasteiger partial charge is 0.325 e. The zero-order valence-corrected chi connectivity index (χ0v) is 19.9. The second-order valence-electron chi connectivity index (χ2n) is 12.3. The molecule has 2 N–H and O–H groups in total. The SMILES string of the molecule is C[C@H]1CC[C@@H]2C3CC[C@@]4(C)C(CC[C@@H]4C(=O)c4ccc5ccccc5c4)[C@@H]3CC[C@]2(N)C1. The smallest absolute Gasteiger partial charge is 0.166 e. The third-order valence-electron chi connectivity index (χ3n) is 10.7. The van der Waals surface area contributed by atoms with E-state index in [0.29, 0.717) is 11.7 Å². The highest BCUT2D eigenvalue weighted by Gasteiger charge is 2.60. The van der Waals surface area contributed by atoms with E-state index in [2.05, 4.69) is 56.3 Å². The Hall–Kier alpha value is -1.67. The predicted octanol–water partition coefficient (Wildman–Crippen LogP) is 7.01. The molecule has 2 heteroatoms. The molecule has 0 heterocycles. The average Bonchev–Trinajstić information content (AvgIpc) is 3.14. The monoisotopic (exact) mass is 429 g/mol. The molecule has 2 nitrogen and oxygen atoms in total. The van der Waals surface area contributed by atoms with Gasteiger partial charge in [0.1, 0.15) is 0 Å². The summed E-state index contributed by atoms with van der Waals surface area (Å²) in [6, 6.07) is 14.7. The van der Waals surface area contributed by atoms with E-state index in [1.807, 2.05) is 0 Å². The van der Waals surface area contributed by atoms with Gasteiger partial charge in [-0.1, -0.05) is 56.7 Å². The van der Waals surface area contributed by atoms with Gasteiger partial charge in [-0.25, -0.2) is 0 Å². The van der Waals surface area contributed by atoms with E-state index in [1.165, 1.54) is 62.1 Å². The van der Waals surface area contributed by atoms with Crippen LogP contribution in [0.25, 0.3) is 10.8 Å². The molecule has 4 aliphatic rings. The van der Waals surface area contributed by atoms with Crippen LogP contribution < -0.4 is 5.73 Å². The molecule has 0 bridgehead atoms. The summed E-state index contributed by atoms with van der Waals surface area (Å²) in [6.07, 6.45) is 11.2. The van der Waals surface area contributed by atoms with Crippen molar-refractivity contribution in [3.05, 3.63) is 48.0 Å². The molecule has 4 aliphatic carbocycles.